The van der Waals surface area contributed by atoms with E-state index in [0.717, 1.165) is 5.69 Å². The molecular formula is C12H14N2O2. The van der Waals surface area contributed by atoms with Crippen LogP contribution < -0.4 is 0 Å². The molecule has 1 aromatic heterocycles. The van der Waals surface area contributed by atoms with Crippen LogP contribution in [0.2, 0.25) is 0 Å². The third-order valence-electron chi connectivity index (χ3n) is 1.90. The maximum atomic E-state index is 10.7. The van der Waals surface area contributed by atoms with Crippen molar-refractivity contribution < 1.29 is 9.90 Å². The van der Waals surface area contributed by atoms with Gasteiger partial charge in [-0.1, -0.05) is 19.9 Å². The zero-order valence-corrected chi connectivity index (χ0v) is 9.29. The Labute approximate surface area is 94.2 Å². The lowest BCUT2D eigenvalue weighted by molar-refractivity contribution is 0.0697. The van der Waals surface area contributed by atoms with Crippen LogP contribution in [0, 0.1) is 0 Å². The van der Waals surface area contributed by atoms with Crippen molar-refractivity contribution in [1.82, 2.24) is 9.55 Å². The summed E-state index contributed by atoms with van der Waals surface area (Å²) in [6.45, 7) is 4.00. The van der Waals surface area contributed by atoms with Gasteiger partial charge in [-0.05, 0) is 18.2 Å². The molecule has 0 aliphatic carbocycles. The van der Waals surface area contributed by atoms with Crippen LogP contribution in [-0.2, 0) is 0 Å². The van der Waals surface area contributed by atoms with E-state index in [1.54, 1.807) is 41.5 Å². The Bertz CT molecular complexity index is 450. The van der Waals surface area contributed by atoms with Crippen molar-refractivity contribution in [3.05, 3.63) is 48.5 Å². The average molecular weight is 218 g/mol. The lowest BCUT2D eigenvalue weighted by Crippen LogP contribution is -1.98. The van der Waals surface area contributed by atoms with E-state index < -0.39 is 5.97 Å². The molecule has 0 saturated carbocycles. The van der Waals surface area contributed by atoms with Gasteiger partial charge >= 0.3 is 5.97 Å². The van der Waals surface area contributed by atoms with Crippen LogP contribution in [0.25, 0.3) is 5.69 Å². The maximum absolute atomic E-state index is 10.7. The molecule has 0 aliphatic rings. The molecule has 0 spiro atoms. The normalized spacial score (nSPS) is 9.12. The second-order valence-corrected chi connectivity index (χ2v) is 2.83. The summed E-state index contributed by atoms with van der Waals surface area (Å²) in [7, 11) is 0. The van der Waals surface area contributed by atoms with Crippen LogP contribution in [0.1, 0.15) is 24.2 Å². The van der Waals surface area contributed by atoms with Gasteiger partial charge in [0.2, 0.25) is 0 Å². The summed E-state index contributed by atoms with van der Waals surface area (Å²) >= 11 is 0. The number of aromatic carboxylic acids is 1. The number of hydrogen-bond donors (Lipinski definition) is 1. The van der Waals surface area contributed by atoms with Crippen LogP contribution in [0.15, 0.2) is 43.0 Å². The van der Waals surface area contributed by atoms with Gasteiger partial charge in [-0.2, -0.15) is 0 Å². The fourth-order valence-corrected chi connectivity index (χ4v) is 1.21. The zero-order valence-electron chi connectivity index (χ0n) is 9.29. The first kappa shape index (κ1) is 12.0. The predicted molar refractivity (Wildman–Crippen MR) is 61.9 cm³/mol. The lowest BCUT2D eigenvalue weighted by Gasteiger charge is -2.02. The molecule has 1 N–H and O–H groups in total. The smallest absolute Gasteiger partial charge is 0.335 e. The number of aromatic nitrogens is 2. The Kier molecular flexibility index (Phi) is 4.27. The van der Waals surface area contributed by atoms with E-state index in [9.17, 15) is 4.79 Å². The highest BCUT2D eigenvalue weighted by Gasteiger charge is 2.03. The van der Waals surface area contributed by atoms with Crippen molar-refractivity contribution in [2.75, 3.05) is 0 Å². The van der Waals surface area contributed by atoms with Crippen LogP contribution in [-0.4, -0.2) is 20.6 Å². The molecule has 1 heterocycles. The molecule has 84 valence electrons. The quantitative estimate of drug-likeness (QED) is 0.842. The minimum Gasteiger partial charge on any atom is -0.478 e. The van der Waals surface area contributed by atoms with Crippen molar-refractivity contribution in [2.24, 2.45) is 0 Å². The average Bonchev–Trinajstić information content (AvgIpc) is 2.85. The Balaban J connectivity index is 0.000000606. The second kappa shape index (κ2) is 5.70. The number of rotatable bonds is 2. The molecule has 2 aromatic rings. The molecule has 0 aliphatic heterocycles. The molecule has 0 fully saturated rings. The van der Waals surface area contributed by atoms with E-state index in [1.165, 1.54) is 0 Å². The minimum absolute atomic E-state index is 0.274. The van der Waals surface area contributed by atoms with Crippen molar-refractivity contribution in [3.63, 3.8) is 0 Å². The van der Waals surface area contributed by atoms with Crippen molar-refractivity contribution in [3.8, 4) is 5.69 Å². The first-order valence-corrected chi connectivity index (χ1v) is 5.09. The Morgan fingerprint density at radius 1 is 1.38 bits per heavy atom. The topological polar surface area (TPSA) is 55.1 Å². The van der Waals surface area contributed by atoms with Crippen molar-refractivity contribution in [2.45, 2.75) is 13.8 Å². The van der Waals surface area contributed by atoms with Gasteiger partial charge in [0, 0.05) is 18.1 Å². The Hall–Kier alpha value is -2.10. The summed E-state index contributed by atoms with van der Waals surface area (Å²) in [5.41, 5.74) is 1.07. The van der Waals surface area contributed by atoms with E-state index in [-0.39, 0.29) is 5.56 Å². The third-order valence-corrected chi connectivity index (χ3v) is 1.90. The van der Waals surface area contributed by atoms with Gasteiger partial charge < -0.3 is 9.67 Å². The highest BCUT2D eigenvalue weighted by molar-refractivity contribution is 5.88. The van der Waals surface area contributed by atoms with E-state index >= 15 is 0 Å². The summed E-state index contributed by atoms with van der Waals surface area (Å²) in [6.07, 6.45) is 5.04. The number of carboxylic acid groups (broad SMARTS) is 1. The fourth-order valence-electron chi connectivity index (χ4n) is 1.21. The molecule has 0 bridgehead atoms. The monoisotopic (exact) mass is 218 g/mol. The molecular weight excluding hydrogens is 204 g/mol. The van der Waals surface area contributed by atoms with Gasteiger partial charge in [0.1, 0.15) is 0 Å². The number of nitrogens with zero attached hydrogens (tertiary/aromatic N) is 2. The van der Waals surface area contributed by atoms with E-state index in [2.05, 4.69) is 4.98 Å². The van der Waals surface area contributed by atoms with Crippen LogP contribution in [0.4, 0.5) is 0 Å². The van der Waals surface area contributed by atoms with Crippen LogP contribution in [0.3, 0.4) is 0 Å². The summed E-state index contributed by atoms with van der Waals surface area (Å²) < 4.78 is 1.76. The maximum Gasteiger partial charge on any atom is 0.335 e. The van der Waals surface area contributed by atoms with Crippen LogP contribution in [0.5, 0.6) is 0 Å². The third kappa shape index (κ3) is 2.70. The first-order valence-electron chi connectivity index (χ1n) is 5.09. The van der Waals surface area contributed by atoms with Crippen molar-refractivity contribution >= 4 is 5.97 Å². The molecule has 0 saturated heterocycles. The Morgan fingerprint density at radius 3 is 2.69 bits per heavy atom. The van der Waals surface area contributed by atoms with E-state index in [1.807, 2.05) is 19.9 Å². The van der Waals surface area contributed by atoms with Gasteiger partial charge in [-0.25, -0.2) is 9.78 Å². The number of carbonyl (C=O) groups is 1. The molecule has 2 rings (SSSR count). The molecule has 0 atom stereocenters. The SMILES string of the molecule is CC.O=C(O)c1cccc(-n2ccnc2)c1. The standard InChI is InChI=1S/C10H8N2O2.C2H6/c13-10(14)8-2-1-3-9(6-8)12-5-4-11-7-12;1-2/h1-7H,(H,13,14);1-2H3. The molecule has 0 radical (unpaired) electrons. The van der Waals surface area contributed by atoms with Gasteiger partial charge in [0.25, 0.3) is 0 Å². The number of imidazole rings is 1. The largest absolute Gasteiger partial charge is 0.478 e. The molecule has 0 amide bonds. The molecule has 0 unspecified atom stereocenters. The zero-order chi connectivity index (χ0) is 12.0. The van der Waals surface area contributed by atoms with Gasteiger partial charge in [0.05, 0.1) is 11.9 Å². The second-order valence-electron chi connectivity index (χ2n) is 2.83. The molecule has 16 heavy (non-hydrogen) atoms. The van der Waals surface area contributed by atoms with E-state index in [0.29, 0.717) is 0 Å². The summed E-state index contributed by atoms with van der Waals surface area (Å²) in [6, 6.07) is 6.69. The summed E-state index contributed by atoms with van der Waals surface area (Å²) in [4.78, 5) is 14.6. The highest BCUT2D eigenvalue weighted by atomic mass is 16.4. The fraction of sp³-hybridized carbons (Fsp3) is 0.167. The van der Waals surface area contributed by atoms with Gasteiger partial charge in [-0.3, -0.25) is 0 Å². The minimum atomic E-state index is -0.924. The molecule has 1 aromatic carbocycles. The number of benzene rings is 1. The van der Waals surface area contributed by atoms with Crippen molar-refractivity contribution in [1.29, 1.82) is 0 Å². The van der Waals surface area contributed by atoms with E-state index in [4.69, 9.17) is 5.11 Å². The van der Waals surface area contributed by atoms with Crippen LogP contribution >= 0.6 is 0 Å². The highest BCUT2D eigenvalue weighted by Crippen LogP contribution is 2.09. The van der Waals surface area contributed by atoms with Gasteiger partial charge in [-0.15, -0.1) is 0 Å². The predicted octanol–water partition coefficient (Wildman–Crippen LogP) is 2.60. The number of carboxylic acids is 1. The molecule has 4 heteroatoms. The lowest BCUT2D eigenvalue weighted by atomic mass is 10.2. The Morgan fingerprint density at radius 2 is 2.12 bits per heavy atom. The van der Waals surface area contributed by atoms with Gasteiger partial charge in [0.15, 0.2) is 0 Å². The summed E-state index contributed by atoms with van der Waals surface area (Å²) in [5.74, 6) is -0.924. The number of hydrogen-bond acceptors (Lipinski definition) is 2. The molecule has 4 nitrogen and oxygen atoms in total. The summed E-state index contributed by atoms with van der Waals surface area (Å²) in [5, 5.41) is 8.78. The first-order chi connectivity index (χ1) is 7.77.